The van der Waals surface area contributed by atoms with Gasteiger partial charge in [-0.25, -0.2) is 13.7 Å². The first-order valence-corrected chi connectivity index (χ1v) is 9.63. The minimum Gasteiger partial charge on any atom is -0.350 e. The number of hydrogen-bond donors (Lipinski definition) is 2. The molecule has 0 atom stereocenters. The fraction of sp³-hybridized carbons (Fsp3) is 0.0417. The number of anilines is 3. The van der Waals surface area contributed by atoms with E-state index in [1.54, 1.807) is 30.3 Å². The van der Waals surface area contributed by atoms with Crippen molar-refractivity contribution in [2.75, 3.05) is 15.5 Å². The summed E-state index contributed by atoms with van der Waals surface area (Å²) in [5.41, 5.74) is 1.45. The van der Waals surface area contributed by atoms with Gasteiger partial charge in [0.05, 0.1) is 11.3 Å². The zero-order valence-electron chi connectivity index (χ0n) is 16.9. The molecule has 4 rings (SSSR count). The summed E-state index contributed by atoms with van der Waals surface area (Å²) in [4.78, 5) is 38.7. The second kappa shape index (κ2) is 8.43. The van der Waals surface area contributed by atoms with Crippen molar-refractivity contribution in [3.8, 4) is 0 Å². The predicted octanol–water partition coefficient (Wildman–Crippen LogP) is 4.32. The van der Waals surface area contributed by atoms with E-state index < -0.39 is 23.4 Å². The number of nitrogens with zero attached hydrogens (tertiary/aromatic N) is 1. The van der Waals surface area contributed by atoms with Crippen LogP contribution in [0.2, 0.25) is 0 Å². The average Bonchev–Trinajstić information content (AvgIpc) is 2.99. The van der Waals surface area contributed by atoms with Crippen LogP contribution < -0.4 is 15.5 Å². The lowest BCUT2D eigenvalue weighted by atomic mass is 10.0. The van der Waals surface area contributed by atoms with E-state index in [1.165, 1.54) is 37.3 Å². The van der Waals surface area contributed by atoms with Crippen LogP contribution in [-0.2, 0) is 14.4 Å². The van der Waals surface area contributed by atoms with Crippen molar-refractivity contribution in [3.63, 3.8) is 0 Å². The largest absolute Gasteiger partial charge is 0.350 e. The van der Waals surface area contributed by atoms with Crippen LogP contribution in [0.3, 0.4) is 0 Å². The molecule has 0 bridgehead atoms. The third-order valence-electron chi connectivity index (χ3n) is 4.76. The maximum absolute atomic E-state index is 13.7. The lowest BCUT2D eigenvalue weighted by molar-refractivity contribution is -0.120. The highest BCUT2D eigenvalue weighted by Crippen LogP contribution is 2.34. The Labute approximate surface area is 182 Å². The Balaban J connectivity index is 1.78. The molecule has 0 radical (unpaired) electrons. The van der Waals surface area contributed by atoms with Gasteiger partial charge in [-0.05, 0) is 60.2 Å². The Morgan fingerprint density at radius 1 is 0.812 bits per heavy atom. The SMILES string of the molecule is CC(=O)Nc1ccc(C2=C(Nc3cccc(F)c3)C(=O)N(c3ccc(F)cc3)C2=O)cc1. The first-order valence-electron chi connectivity index (χ1n) is 9.63. The standard InChI is InChI=1S/C24H17F2N3O3/c1-14(30)27-18-9-5-15(6-10-18)21-22(28-19-4-2-3-17(26)13-19)24(32)29(23(21)31)20-11-7-16(25)8-12-20/h2-13,28H,1H3,(H,27,30). The Kier molecular flexibility index (Phi) is 5.51. The molecule has 0 saturated carbocycles. The van der Waals surface area contributed by atoms with Gasteiger partial charge in [-0.3, -0.25) is 14.4 Å². The van der Waals surface area contributed by atoms with Gasteiger partial charge in [0.25, 0.3) is 11.8 Å². The van der Waals surface area contributed by atoms with Crippen molar-refractivity contribution in [2.24, 2.45) is 0 Å². The molecule has 0 saturated heterocycles. The Morgan fingerprint density at radius 2 is 1.50 bits per heavy atom. The highest BCUT2D eigenvalue weighted by atomic mass is 19.1. The summed E-state index contributed by atoms with van der Waals surface area (Å²) in [5, 5.41) is 5.48. The molecule has 0 spiro atoms. The minimum atomic E-state index is -0.660. The molecule has 8 heteroatoms. The lowest BCUT2D eigenvalue weighted by Crippen LogP contribution is -2.32. The number of hydrogen-bond acceptors (Lipinski definition) is 4. The summed E-state index contributed by atoms with van der Waals surface area (Å²) in [6, 6.07) is 16.8. The van der Waals surface area contributed by atoms with Crippen molar-refractivity contribution >= 4 is 40.4 Å². The van der Waals surface area contributed by atoms with E-state index in [1.807, 2.05) is 0 Å². The van der Waals surface area contributed by atoms with Gasteiger partial charge >= 0.3 is 0 Å². The van der Waals surface area contributed by atoms with Crippen LogP contribution in [0.1, 0.15) is 12.5 Å². The van der Waals surface area contributed by atoms with Crippen LogP contribution in [-0.4, -0.2) is 17.7 Å². The summed E-state index contributed by atoms with van der Waals surface area (Å²) in [5.74, 6) is -2.55. The maximum Gasteiger partial charge on any atom is 0.282 e. The molecule has 0 aliphatic carbocycles. The quantitative estimate of drug-likeness (QED) is 0.588. The maximum atomic E-state index is 13.7. The van der Waals surface area contributed by atoms with Gasteiger partial charge in [0, 0.05) is 18.3 Å². The van der Waals surface area contributed by atoms with Crippen molar-refractivity contribution in [2.45, 2.75) is 6.92 Å². The summed E-state index contributed by atoms with van der Waals surface area (Å²) in [6.45, 7) is 1.37. The average molecular weight is 433 g/mol. The van der Waals surface area contributed by atoms with Crippen LogP contribution >= 0.6 is 0 Å². The molecule has 3 aromatic carbocycles. The van der Waals surface area contributed by atoms with E-state index in [-0.39, 0.29) is 28.6 Å². The number of rotatable bonds is 5. The number of carbonyl (C=O) groups is 3. The normalized spacial score (nSPS) is 13.5. The van der Waals surface area contributed by atoms with Gasteiger partial charge < -0.3 is 10.6 Å². The van der Waals surface area contributed by atoms with Crippen molar-refractivity contribution in [1.29, 1.82) is 0 Å². The van der Waals surface area contributed by atoms with E-state index >= 15 is 0 Å². The van der Waals surface area contributed by atoms with Crippen molar-refractivity contribution < 1.29 is 23.2 Å². The minimum absolute atomic E-state index is 0.0443. The zero-order valence-corrected chi connectivity index (χ0v) is 16.9. The summed E-state index contributed by atoms with van der Waals surface area (Å²) >= 11 is 0. The molecule has 160 valence electrons. The molecule has 1 aliphatic rings. The van der Waals surface area contributed by atoms with E-state index in [9.17, 15) is 23.2 Å². The van der Waals surface area contributed by atoms with E-state index in [0.29, 0.717) is 11.3 Å². The lowest BCUT2D eigenvalue weighted by Gasteiger charge is -2.15. The number of halogens is 2. The fourth-order valence-electron chi connectivity index (χ4n) is 3.37. The molecule has 1 heterocycles. The van der Waals surface area contributed by atoms with E-state index in [2.05, 4.69) is 10.6 Å². The van der Waals surface area contributed by atoms with Gasteiger partial charge in [-0.1, -0.05) is 18.2 Å². The molecule has 0 fully saturated rings. The van der Waals surface area contributed by atoms with Crippen LogP contribution in [0.4, 0.5) is 25.8 Å². The van der Waals surface area contributed by atoms with Gasteiger partial charge in [0.1, 0.15) is 17.3 Å². The molecule has 0 unspecified atom stereocenters. The molecule has 3 amide bonds. The van der Waals surface area contributed by atoms with Crippen LogP contribution in [0.5, 0.6) is 0 Å². The van der Waals surface area contributed by atoms with E-state index in [4.69, 9.17) is 0 Å². The number of imide groups is 1. The van der Waals surface area contributed by atoms with Crippen molar-refractivity contribution in [1.82, 2.24) is 0 Å². The Hall–Kier alpha value is -4.33. The smallest absolute Gasteiger partial charge is 0.282 e. The highest BCUT2D eigenvalue weighted by molar-refractivity contribution is 6.46. The number of nitrogens with one attached hydrogen (secondary N) is 2. The van der Waals surface area contributed by atoms with E-state index in [0.717, 1.165) is 17.0 Å². The predicted molar refractivity (Wildman–Crippen MR) is 117 cm³/mol. The van der Waals surface area contributed by atoms with Crippen LogP contribution in [0.25, 0.3) is 5.57 Å². The molecule has 0 aromatic heterocycles. The third-order valence-corrected chi connectivity index (χ3v) is 4.76. The molecular formula is C24H17F2N3O3. The molecule has 2 N–H and O–H groups in total. The zero-order chi connectivity index (χ0) is 22.8. The molecule has 32 heavy (non-hydrogen) atoms. The summed E-state index contributed by atoms with van der Waals surface area (Å²) in [6.07, 6.45) is 0. The number of amides is 3. The first kappa shape index (κ1) is 20.9. The third kappa shape index (κ3) is 4.11. The topological polar surface area (TPSA) is 78.5 Å². The van der Waals surface area contributed by atoms with Crippen LogP contribution in [0, 0.1) is 11.6 Å². The van der Waals surface area contributed by atoms with Crippen LogP contribution in [0.15, 0.2) is 78.5 Å². The monoisotopic (exact) mass is 433 g/mol. The first-order chi connectivity index (χ1) is 15.3. The number of benzene rings is 3. The molecule has 3 aromatic rings. The Morgan fingerprint density at radius 3 is 2.12 bits per heavy atom. The van der Waals surface area contributed by atoms with Gasteiger partial charge in [0.2, 0.25) is 5.91 Å². The van der Waals surface area contributed by atoms with Gasteiger partial charge in [0.15, 0.2) is 0 Å². The summed E-state index contributed by atoms with van der Waals surface area (Å²) in [7, 11) is 0. The summed E-state index contributed by atoms with van der Waals surface area (Å²) < 4.78 is 27.0. The van der Waals surface area contributed by atoms with Gasteiger partial charge in [-0.2, -0.15) is 0 Å². The second-order valence-electron chi connectivity index (χ2n) is 7.07. The van der Waals surface area contributed by atoms with Crippen molar-refractivity contribution in [3.05, 3.63) is 95.7 Å². The second-order valence-corrected chi connectivity index (χ2v) is 7.07. The Bertz CT molecular complexity index is 1250. The number of carbonyl (C=O) groups excluding carboxylic acids is 3. The highest BCUT2D eigenvalue weighted by Gasteiger charge is 2.40. The molecular weight excluding hydrogens is 416 g/mol. The molecule has 6 nitrogen and oxygen atoms in total. The van der Waals surface area contributed by atoms with Gasteiger partial charge in [-0.15, -0.1) is 0 Å². The fourth-order valence-corrected chi connectivity index (χ4v) is 3.37. The molecule has 1 aliphatic heterocycles.